The van der Waals surface area contributed by atoms with Crippen LogP contribution in [0.4, 0.5) is 0 Å². The van der Waals surface area contributed by atoms with E-state index in [-0.39, 0.29) is 16.9 Å². The molecule has 3 N–H and O–H groups in total. The topological polar surface area (TPSA) is 61.4 Å². The van der Waals surface area contributed by atoms with Crippen molar-refractivity contribution >= 4 is 23.2 Å². The van der Waals surface area contributed by atoms with Gasteiger partial charge < -0.3 is 15.7 Å². The molecule has 1 amide bonds. The molecule has 0 aromatic carbocycles. The van der Waals surface area contributed by atoms with E-state index in [1.54, 1.807) is 20.8 Å². The van der Waals surface area contributed by atoms with Crippen molar-refractivity contribution in [1.29, 1.82) is 0 Å². The highest BCUT2D eigenvalue weighted by atomic mass is 32.1. The summed E-state index contributed by atoms with van der Waals surface area (Å²) in [4.78, 5) is 11.1. The molecule has 0 fully saturated rings. The first-order valence-corrected chi connectivity index (χ1v) is 4.61. The van der Waals surface area contributed by atoms with Gasteiger partial charge in [0.2, 0.25) is 5.91 Å². The van der Waals surface area contributed by atoms with Crippen molar-refractivity contribution in [3.05, 3.63) is 0 Å². The summed E-state index contributed by atoms with van der Waals surface area (Å²) in [6.07, 6.45) is -0.478. The molecule has 1 atom stereocenters. The lowest BCUT2D eigenvalue weighted by molar-refractivity contribution is -0.122. The van der Waals surface area contributed by atoms with Crippen LogP contribution in [0.5, 0.6) is 0 Å². The molecule has 0 aromatic rings. The summed E-state index contributed by atoms with van der Waals surface area (Å²) in [6, 6.07) is 0. The lowest BCUT2D eigenvalue weighted by Gasteiger charge is -2.11. The summed E-state index contributed by atoms with van der Waals surface area (Å²) in [5.41, 5.74) is 0. The molecule has 0 bridgehead atoms. The minimum Gasteiger partial charge on any atom is -0.392 e. The second kappa shape index (κ2) is 5.88. The first-order chi connectivity index (χ1) is 5.93. The van der Waals surface area contributed by atoms with Crippen LogP contribution in [-0.2, 0) is 4.79 Å². The molecule has 0 aliphatic rings. The smallest absolute Gasteiger partial charge is 0.228 e. The van der Waals surface area contributed by atoms with Crippen molar-refractivity contribution in [3.63, 3.8) is 0 Å². The van der Waals surface area contributed by atoms with Crippen molar-refractivity contribution in [2.24, 2.45) is 5.92 Å². The van der Waals surface area contributed by atoms with E-state index in [1.165, 1.54) is 0 Å². The van der Waals surface area contributed by atoms with Gasteiger partial charge in [0.25, 0.3) is 0 Å². The Kier molecular flexibility index (Phi) is 5.57. The fourth-order valence-corrected chi connectivity index (χ4v) is 0.725. The third-order valence-electron chi connectivity index (χ3n) is 1.32. The lowest BCUT2D eigenvalue weighted by Crippen LogP contribution is -2.43. The number of nitrogens with one attached hydrogen (secondary N) is 2. The lowest BCUT2D eigenvalue weighted by atomic mass is 10.2. The Morgan fingerprint density at radius 2 is 2.00 bits per heavy atom. The van der Waals surface area contributed by atoms with Crippen molar-refractivity contribution in [2.45, 2.75) is 26.9 Å². The van der Waals surface area contributed by atoms with Gasteiger partial charge in [-0.05, 0) is 19.1 Å². The van der Waals surface area contributed by atoms with Gasteiger partial charge in [-0.3, -0.25) is 4.79 Å². The number of thiocarbonyl (C=S) groups is 1. The molecule has 5 heteroatoms. The quantitative estimate of drug-likeness (QED) is 0.567. The van der Waals surface area contributed by atoms with Gasteiger partial charge >= 0.3 is 0 Å². The van der Waals surface area contributed by atoms with Gasteiger partial charge in [-0.2, -0.15) is 0 Å². The van der Waals surface area contributed by atoms with Crippen molar-refractivity contribution in [3.8, 4) is 0 Å². The zero-order valence-corrected chi connectivity index (χ0v) is 8.94. The molecule has 4 nitrogen and oxygen atoms in total. The molecule has 0 spiro atoms. The van der Waals surface area contributed by atoms with E-state index in [2.05, 4.69) is 10.6 Å². The number of carbonyl (C=O) groups is 1. The minimum absolute atomic E-state index is 0.0914. The van der Waals surface area contributed by atoms with E-state index >= 15 is 0 Å². The van der Waals surface area contributed by atoms with Crippen molar-refractivity contribution in [2.75, 3.05) is 6.54 Å². The number of carbonyl (C=O) groups excluding carboxylic acids is 1. The van der Waals surface area contributed by atoms with Crippen LogP contribution in [0.1, 0.15) is 20.8 Å². The standard InChI is InChI=1S/C8H16N2O2S/c1-5(2)7(12)10-8(13)9-4-6(3)11/h5-6,11H,4H2,1-3H3,(H2,9,10,12,13). The normalized spacial score (nSPS) is 12.4. The predicted octanol–water partition coefficient (Wildman–Crippen LogP) is 0.0139. The van der Waals surface area contributed by atoms with Gasteiger partial charge in [-0.1, -0.05) is 13.8 Å². The fourth-order valence-electron chi connectivity index (χ4n) is 0.541. The van der Waals surface area contributed by atoms with Gasteiger partial charge in [0.15, 0.2) is 5.11 Å². The first-order valence-electron chi connectivity index (χ1n) is 4.20. The second-order valence-electron chi connectivity index (χ2n) is 3.20. The summed E-state index contributed by atoms with van der Waals surface area (Å²) in [6.45, 7) is 5.55. The van der Waals surface area contributed by atoms with Crippen molar-refractivity contribution < 1.29 is 9.90 Å². The summed E-state index contributed by atoms with van der Waals surface area (Å²) >= 11 is 4.81. The van der Waals surface area contributed by atoms with Gasteiger partial charge in [-0.15, -0.1) is 0 Å². The molecule has 0 aliphatic heterocycles. The molecule has 0 rings (SSSR count). The largest absolute Gasteiger partial charge is 0.392 e. The predicted molar refractivity (Wildman–Crippen MR) is 55.3 cm³/mol. The average Bonchev–Trinajstić information content (AvgIpc) is 2.00. The molecule has 76 valence electrons. The summed E-state index contributed by atoms with van der Waals surface area (Å²) < 4.78 is 0. The molecule has 13 heavy (non-hydrogen) atoms. The second-order valence-corrected chi connectivity index (χ2v) is 3.61. The van der Waals surface area contributed by atoms with E-state index < -0.39 is 6.10 Å². The van der Waals surface area contributed by atoms with E-state index in [4.69, 9.17) is 17.3 Å². The van der Waals surface area contributed by atoms with Gasteiger partial charge in [-0.25, -0.2) is 0 Å². The monoisotopic (exact) mass is 204 g/mol. The van der Waals surface area contributed by atoms with Crippen LogP contribution in [0.2, 0.25) is 0 Å². The Morgan fingerprint density at radius 1 is 1.46 bits per heavy atom. The molecule has 0 radical (unpaired) electrons. The highest BCUT2D eigenvalue weighted by Crippen LogP contribution is 1.89. The Hall–Kier alpha value is -0.680. The third kappa shape index (κ3) is 6.48. The van der Waals surface area contributed by atoms with Crippen LogP contribution in [0.3, 0.4) is 0 Å². The van der Waals surface area contributed by atoms with Gasteiger partial charge in [0, 0.05) is 12.5 Å². The Morgan fingerprint density at radius 3 is 2.38 bits per heavy atom. The number of amides is 1. The van der Waals surface area contributed by atoms with E-state index in [0.717, 1.165) is 0 Å². The number of hydrogen-bond donors (Lipinski definition) is 3. The van der Waals surface area contributed by atoms with Crippen LogP contribution in [-0.4, -0.2) is 28.8 Å². The number of rotatable bonds is 3. The molecule has 0 heterocycles. The third-order valence-corrected chi connectivity index (χ3v) is 1.57. The molecule has 0 aromatic heterocycles. The minimum atomic E-state index is -0.478. The Bertz CT molecular complexity index is 193. The van der Waals surface area contributed by atoms with E-state index in [1.807, 2.05) is 0 Å². The molecule has 1 unspecified atom stereocenters. The summed E-state index contributed by atoms with van der Waals surface area (Å²) in [5.74, 6) is -0.214. The molecule has 0 saturated heterocycles. The molecular formula is C8H16N2O2S. The number of hydrogen-bond acceptors (Lipinski definition) is 3. The van der Waals surface area contributed by atoms with E-state index in [9.17, 15) is 4.79 Å². The first kappa shape index (κ1) is 12.3. The van der Waals surface area contributed by atoms with Gasteiger partial charge in [0.1, 0.15) is 0 Å². The molecular weight excluding hydrogens is 188 g/mol. The fraction of sp³-hybridized carbons (Fsp3) is 0.750. The van der Waals surface area contributed by atoms with Crippen LogP contribution < -0.4 is 10.6 Å². The summed E-state index contributed by atoms with van der Waals surface area (Å²) in [5, 5.41) is 14.4. The average molecular weight is 204 g/mol. The molecule has 0 aliphatic carbocycles. The number of aliphatic hydroxyl groups excluding tert-OH is 1. The van der Waals surface area contributed by atoms with Gasteiger partial charge in [0.05, 0.1) is 6.10 Å². The highest BCUT2D eigenvalue weighted by molar-refractivity contribution is 7.80. The zero-order chi connectivity index (χ0) is 10.4. The van der Waals surface area contributed by atoms with Crippen LogP contribution in [0, 0.1) is 5.92 Å². The Balaban J connectivity index is 3.69. The highest BCUT2D eigenvalue weighted by Gasteiger charge is 2.08. The maximum absolute atomic E-state index is 11.1. The van der Waals surface area contributed by atoms with Crippen molar-refractivity contribution in [1.82, 2.24) is 10.6 Å². The van der Waals surface area contributed by atoms with E-state index in [0.29, 0.717) is 6.54 Å². The maximum Gasteiger partial charge on any atom is 0.228 e. The van der Waals surface area contributed by atoms with Crippen LogP contribution in [0.25, 0.3) is 0 Å². The SMILES string of the molecule is CC(O)CNC(=S)NC(=O)C(C)C. The number of aliphatic hydroxyl groups is 1. The Labute approximate surface area is 83.7 Å². The summed E-state index contributed by atoms with van der Waals surface area (Å²) in [7, 11) is 0. The van der Waals surface area contributed by atoms with Crippen LogP contribution in [0.15, 0.2) is 0 Å². The molecule has 0 saturated carbocycles. The maximum atomic E-state index is 11.1. The zero-order valence-electron chi connectivity index (χ0n) is 8.13. The van der Waals surface area contributed by atoms with Crippen LogP contribution >= 0.6 is 12.2 Å².